The Balaban J connectivity index is 2.04. The summed E-state index contributed by atoms with van der Waals surface area (Å²) in [5.41, 5.74) is 2.83. The number of nitrogens with zero attached hydrogens (tertiary/aromatic N) is 2. The van der Waals surface area contributed by atoms with E-state index in [2.05, 4.69) is 10.2 Å². The number of rotatable bonds is 5. The standard InChI is InChI=1S/C16H18FN3O3/c1-9-13-14(19-18-9)16(21)20(8-12(22-2)23-3)15(13)10-4-6-11(17)7-5-10/h4-7,12,15H,8H2,1-3H3,(H,18,19). The predicted octanol–water partition coefficient (Wildman–Crippen LogP) is 2.02. The van der Waals surface area contributed by atoms with Crippen molar-refractivity contribution in [1.82, 2.24) is 15.1 Å². The molecule has 23 heavy (non-hydrogen) atoms. The van der Waals surface area contributed by atoms with Gasteiger partial charge in [0.15, 0.2) is 12.0 Å². The fraction of sp³-hybridized carbons (Fsp3) is 0.375. The van der Waals surface area contributed by atoms with E-state index in [1.54, 1.807) is 17.0 Å². The van der Waals surface area contributed by atoms with E-state index in [1.165, 1.54) is 26.4 Å². The Morgan fingerprint density at radius 1 is 1.30 bits per heavy atom. The number of aromatic amines is 1. The second-order valence-electron chi connectivity index (χ2n) is 5.42. The number of methoxy groups -OCH3 is 2. The molecule has 6 nitrogen and oxygen atoms in total. The lowest BCUT2D eigenvalue weighted by molar-refractivity contribution is -0.113. The van der Waals surface area contributed by atoms with Crippen LogP contribution in [0.15, 0.2) is 24.3 Å². The smallest absolute Gasteiger partial charge is 0.275 e. The molecule has 7 heteroatoms. The molecule has 0 bridgehead atoms. The van der Waals surface area contributed by atoms with E-state index < -0.39 is 6.29 Å². The molecule has 1 aromatic carbocycles. The monoisotopic (exact) mass is 319 g/mol. The summed E-state index contributed by atoms with van der Waals surface area (Å²) < 4.78 is 23.7. The quantitative estimate of drug-likeness (QED) is 0.856. The van der Waals surface area contributed by atoms with Crippen molar-refractivity contribution in [3.05, 3.63) is 52.6 Å². The van der Waals surface area contributed by atoms with Crippen molar-refractivity contribution >= 4 is 5.91 Å². The summed E-state index contributed by atoms with van der Waals surface area (Å²) in [6.07, 6.45) is -0.546. The van der Waals surface area contributed by atoms with Gasteiger partial charge in [-0.15, -0.1) is 0 Å². The van der Waals surface area contributed by atoms with Crippen LogP contribution < -0.4 is 0 Å². The number of halogens is 1. The van der Waals surface area contributed by atoms with Gasteiger partial charge in [0.1, 0.15) is 5.82 Å². The first-order valence-electron chi connectivity index (χ1n) is 7.23. The van der Waals surface area contributed by atoms with Gasteiger partial charge in [0, 0.05) is 25.5 Å². The number of hydrogen-bond donors (Lipinski definition) is 1. The number of aryl methyl sites for hydroxylation is 1. The Morgan fingerprint density at radius 3 is 2.57 bits per heavy atom. The third-order valence-corrected chi connectivity index (χ3v) is 4.10. The topological polar surface area (TPSA) is 67.5 Å². The van der Waals surface area contributed by atoms with Crippen molar-refractivity contribution < 1.29 is 18.7 Å². The highest BCUT2D eigenvalue weighted by molar-refractivity contribution is 5.98. The zero-order valence-electron chi connectivity index (χ0n) is 13.2. The van der Waals surface area contributed by atoms with E-state index in [4.69, 9.17) is 9.47 Å². The minimum absolute atomic E-state index is 0.197. The molecule has 0 radical (unpaired) electrons. The summed E-state index contributed by atoms with van der Waals surface area (Å²) >= 11 is 0. The molecule has 2 aromatic rings. The number of benzene rings is 1. The molecule has 1 aromatic heterocycles. The Bertz CT molecular complexity index is 710. The lowest BCUT2D eigenvalue weighted by Crippen LogP contribution is -2.38. The minimum atomic E-state index is -0.546. The zero-order chi connectivity index (χ0) is 16.6. The fourth-order valence-corrected chi connectivity index (χ4v) is 2.93. The summed E-state index contributed by atoms with van der Waals surface area (Å²) in [6, 6.07) is 5.78. The SMILES string of the molecule is COC(CN1C(=O)c2n[nH]c(C)c2C1c1ccc(F)cc1)OC. The Hall–Kier alpha value is -2.25. The number of fused-ring (bicyclic) bond motifs is 1. The van der Waals surface area contributed by atoms with Gasteiger partial charge in [-0.1, -0.05) is 12.1 Å². The molecular formula is C16H18FN3O3. The maximum absolute atomic E-state index is 13.2. The van der Waals surface area contributed by atoms with Crippen molar-refractivity contribution in [3.8, 4) is 0 Å². The van der Waals surface area contributed by atoms with Crippen LogP contribution in [0.4, 0.5) is 4.39 Å². The van der Waals surface area contributed by atoms with E-state index in [1.807, 2.05) is 6.92 Å². The first-order valence-corrected chi connectivity index (χ1v) is 7.23. The van der Waals surface area contributed by atoms with E-state index >= 15 is 0 Å². The Labute approximate surface area is 133 Å². The van der Waals surface area contributed by atoms with Crippen molar-refractivity contribution in [2.75, 3.05) is 20.8 Å². The van der Waals surface area contributed by atoms with Crippen molar-refractivity contribution in [3.63, 3.8) is 0 Å². The van der Waals surface area contributed by atoms with Gasteiger partial charge in [0.2, 0.25) is 0 Å². The van der Waals surface area contributed by atoms with Crippen molar-refractivity contribution in [1.29, 1.82) is 0 Å². The first-order chi connectivity index (χ1) is 11.1. The molecule has 1 unspecified atom stereocenters. The molecular weight excluding hydrogens is 301 g/mol. The number of aromatic nitrogens is 2. The highest BCUT2D eigenvalue weighted by Gasteiger charge is 2.42. The predicted molar refractivity (Wildman–Crippen MR) is 80.4 cm³/mol. The van der Waals surface area contributed by atoms with E-state index in [9.17, 15) is 9.18 Å². The number of hydrogen-bond acceptors (Lipinski definition) is 4. The maximum Gasteiger partial charge on any atom is 0.275 e. The molecule has 122 valence electrons. The number of nitrogens with one attached hydrogen (secondary N) is 1. The second-order valence-corrected chi connectivity index (χ2v) is 5.42. The van der Waals surface area contributed by atoms with Gasteiger partial charge < -0.3 is 14.4 Å². The summed E-state index contributed by atoms with van der Waals surface area (Å²) in [4.78, 5) is 14.3. The van der Waals surface area contributed by atoms with Gasteiger partial charge in [0.25, 0.3) is 5.91 Å². The summed E-state index contributed by atoms with van der Waals surface area (Å²) in [7, 11) is 3.04. The molecule has 0 fully saturated rings. The molecule has 1 aliphatic rings. The lowest BCUT2D eigenvalue weighted by atomic mass is 9.99. The van der Waals surface area contributed by atoms with Crippen LogP contribution in [0.5, 0.6) is 0 Å². The molecule has 1 amide bonds. The minimum Gasteiger partial charge on any atom is -0.354 e. The molecule has 3 rings (SSSR count). The molecule has 2 heterocycles. The number of H-pyrrole nitrogens is 1. The van der Waals surface area contributed by atoms with E-state index in [0.717, 1.165) is 16.8 Å². The third kappa shape index (κ3) is 2.62. The zero-order valence-corrected chi connectivity index (χ0v) is 13.2. The number of carbonyl (C=O) groups excluding carboxylic acids is 1. The van der Waals surface area contributed by atoms with E-state index in [-0.39, 0.29) is 24.3 Å². The largest absolute Gasteiger partial charge is 0.354 e. The van der Waals surface area contributed by atoms with Crippen LogP contribution in [0.1, 0.15) is 33.4 Å². The van der Waals surface area contributed by atoms with Gasteiger partial charge in [-0.2, -0.15) is 5.10 Å². The molecule has 1 atom stereocenters. The number of ether oxygens (including phenoxy) is 2. The van der Waals surface area contributed by atoms with Crippen LogP contribution in [0.25, 0.3) is 0 Å². The highest BCUT2D eigenvalue weighted by atomic mass is 19.1. The molecule has 0 aliphatic carbocycles. The second kappa shape index (κ2) is 6.10. The molecule has 1 aliphatic heterocycles. The van der Waals surface area contributed by atoms with Crippen molar-refractivity contribution in [2.45, 2.75) is 19.3 Å². The van der Waals surface area contributed by atoms with Crippen molar-refractivity contribution in [2.24, 2.45) is 0 Å². The molecule has 0 spiro atoms. The van der Waals surface area contributed by atoms with Gasteiger partial charge in [0.05, 0.1) is 12.6 Å². The normalized spacial score (nSPS) is 17.2. The summed E-state index contributed by atoms with van der Waals surface area (Å²) in [6.45, 7) is 2.12. The highest BCUT2D eigenvalue weighted by Crippen LogP contribution is 2.39. The average molecular weight is 319 g/mol. The molecule has 1 N–H and O–H groups in total. The summed E-state index contributed by atoms with van der Waals surface area (Å²) in [5, 5.41) is 6.96. The van der Waals surface area contributed by atoms with Gasteiger partial charge in [-0.25, -0.2) is 4.39 Å². The Morgan fingerprint density at radius 2 is 1.96 bits per heavy atom. The average Bonchev–Trinajstić information content (AvgIpc) is 3.05. The fourth-order valence-electron chi connectivity index (χ4n) is 2.93. The van der Waals surface area contributed by atoms with Gasteiger partial charge in [-0.3, -0.25) is 9.89 Å². The first kappa shape index (κ1) is 15.6. The number of amides is 1. The van der Waals surface area contributed by atoms with Crippen LogP contribution in [0.3, 0.4) is 0 Å². The molecule has 0 saturated heterocycles. The maximum atomic E-state index is 13.2. The van der Waals surface area contributed by atoms with Gasteiger partial charge >= 0.3 is 0 Å². The van der Waals surface area contributed by atoms with Crippen LogP contribution in [0.2, 0.25) is 0 Å². The van der Waals surface area contributed by atoms with Crippen LogP contribution in [0, 0.1) is 12.7 Å². The molecule has 0 saturated carbocycles. The summed E-state index contributed by atoms with van der Waals surface area (Å²) in [5.74, 6) is -0.516. The lowest BCUT2D eigenvalue weighted by Gasteiger charge is -2.28. The van der Waals surface area contributed by atoms with E-state index in [0.29, 0.717) is 5.69 Å². The van der Waals surface area contributed by atoms with Gasteiger partial charge in [-0.05, 0) is 24.6 Å². The van der Waals surface area contributed by atoms with Crippen LogP contribution in [-0.2, 0) is 9.47 Å². The third-order valence-electron chi connectivity index (χ3n) is 4.10. The Kier molecular flexibility index (Phi) is 4.14. The van der Waals surface area contributed by atoms with Crippen LogP contribution in [-0.4, -0.2) is 48.1 Å². The van der Waals surface area contributed by atoms with Crippen LogP contribution >= 0.6 is 0 Å². The number of carbonyl (C=O) groups is 1.